The number of ether oxygens (including phenoxy) is 2. The summed E-state index contributed by atoms with van der Waals surface area (Å²) in [5.41, 5.74) is 5.72. The fourth-order valence-electron chi connectivity index (χ4n) is 2.41. The van der Waals surface area contributed by atoms with Gasteiger partial charge in [-0.05, 0) is 25.1 Å². The zero-order valence-corrected chi connectivity index (χ0v) is 15.8. The minimum atomic E-state index is -3.73. The molecular formula is C16H23N3O6S. The number of rotatable bonds is 6. The van der Waals surface area contributed by atoms with Crippen LogP contribution in [0.4, 0.5) is 5.69 Å². The second kappa shape index (κ2) is 8.02. The van der Waals surface area contributed by atoms with Gasteiger partial charge in [-0.25, -0.2) is 17.5 Å². The van der Waals surface area contributed by atoms with Crippen molar-refractivity contribution in [1.82, 2.24) is 4.31 Å². The van der Waals surface area contributed by atoms with Gasteiger partial charge in [0.1, 0.15) is 0 Å². The van der Waals surface area contributed by atoms with Gasteiger partial charge in [0.05, 0.1) is 29.4 Å². The minimum Gasteiger partial charge on any atom is -0.449 e. The van der Waals surface area contributed by atoms with E-state index in [1.165, 1.54) is 33.2 Å². The second-order valence-corrected chi connectivity index (χ2v) is 8.17. The Morgan fingerprint density at radius 1 is 1.27 bits per heavy atom. The minimum absolute atomic E-state index is 0.0433. The van der Waals surface area contributed by atoms with E-state index >= 15 is 0 Å². The standard InChI is InChI=1S/C16H23N3O6S/c1-11(15(17)20)25-16(21)13-10-12(26(22,23)18(2)3)4-5-14(13)19-6-8-24-9-7-19/h4-5,10-11H,6-9H2,1-3H3,(H2,17,20). The lowest BCUT2D eigenvalue weighted by Gasteiger charge is -2.30. The van der Waals surface area contributed by atoms with Crippen molar-refractivity contribution in [2.75, 3.05) is 45.3 Å². The molecule has 1 heterocycles. The van der Waals surface area contributed by atoms with E-state index in [0.29, 0.717) is 32.0 Å². The first-order valence-corrected chi connectivity index (χ1v) is 9.48. The molecule has 0 aliphatic carbocycles. The zero-order chi connectivity index (χ0) is 19.5. The Morgan fingerprint density at radius 2 is 1.88 bits per heavy atom. The van der Waals surface area contributed by atoms with E-state index in [-0.39, 0.29) is 10.5 Å². The molecule has 1 atom stereocenters. The Morgan fingerprint density at radius 3 is 2.42 bits per heavy atom. The van der Waals surface area contributed by atoms with Crippen molar-refractivity contribution >= 4 is 27.6 Å². The number of esters is 1. The maximum atomic E-state index is 12.6. The summed E-state index contributed by atoms with van der Waals surface area (Å²) in [5.74, 6) is -1.60. The molecule has 0 aromatic heterocycles. The van der Waals surface area contributed by atoms with E-state index < -0.39 is 28.0 Å². The third-order valence-corrected chi connectivity index (χ3v) is 5.81. The normalized spacial score (nSPS) is 16.4. The van der Waals surface area contributed by atoms with Crippen molar-refractivity contribution in [2.45, 2.75) is 17.9 Å². The van der Waals surface area contributed by atoms with E-state index in [9.17, 15) is 18.0 Å². The highest BCUT2D eigenvalue weighted by atomic mass is 32.2. The van der Waals surface area contributed by atoms with E-state index in [4.69, 9.17) is 15.2 Å². The first kappa shape index (κ1) is 20.1. The number of morpholine rings is 1. The number of amides is 1. The summed E-state index contributed by atoms with van der Waals surface area (Å²) in [6.07, 6.45) is -1.13. The van der Waals surface area contributed by atoms with Crippen molar-refractivity contribution in [3.63, 3.8) is 0 Å². The SMILES string of the molecule is CC(OC(=O)c1cc(S(=O)(=O)N(C)C)ccc1N1CCOCC1)C(N)=O. The molecule has 1 aliphatic rings. The predicted octanol–water partition coefficient (Wildman–Crippen LogP) is -0.196. The predicted molar refractivity (Wildman–Crippen MR) is 94.4 cm³/mol. The van der Waals surface area contributed by atoms with Crippen LogP contribution in [-0.2, 0) is 24.3 Å². The average Bonchev–Trinajstić information content (AvgIpc) is 2.61. The molecule has 0 saturated carbocycles. The van der Waals surface area contributed by atoms with Crippen LogP contribution >= 0.6 is 0 Å². The Labute approximate surface area is 152 Å². The maximum absolute atomic E-state index is 12.6. The fraction of sp³-hybridized carbons (Fsp3) is 0.500. The number of nitrogens with two attached hydrogens (primary N) is 1. The summed E-state index contributed by atoms with van der Waals surface area (Å²) in [7, 11) is -0.932. The lowest BCUT2D eigenvalue weighted by molar-refractivity contribution is -0.125. The average molecular weight is 385 g/mol. The van der Waals surface area contributed by atoms with Gasteiger partial charge in [-0.15, -0.1) is 0 Å². The first-order valence-electron chi connectivity index (χ1n) is 8.04. The van der Waals surface area contributed by atoms with Gasteiger partial charge in [0.2, 0.25) is 10.0 Å². The number of hydrogen-bond acceptors (Lipinski definition) is 7. The number of anilines is 1. The van der Waals surface area contributed by atoms with Crippen LogP contribution in [0.15, 0.2) is 23.1 Å². The van der Waals surface area contributed by atoms with E-state index in [2.05, 4.69) is 0 Å². The molecule has 1 fully saturated rings. The van der Waals surface area contributed by atoms with Crippen LogP contribution in [-0.4, -0.2) is 71.1 Å². The Kier molecular flexibility index (Phi) is 6.21. The van der Waals surface area contributed by atoms with Crippen molar-refractivity contribution in [3.05, 3.63) is 23.8 Å². The van der Waals surface area contributed by atoms with Crippen molar-refractivity contribution in [1.29, 1.82) is 0 Å². The lowest BCUT2D eigenvalue weighted by Crippen LogP contribution is -2.38. The van der Waals surface area contributed by atoms with Gasteiger partial charge in [0.15, 0.2) is 6.10 Å². The molecule has 1 saturated heterocycles. The first-order chi connectivity index (χ1) is 12.1. The van der Waals surface area contributed by atoms with Crippen molar-refractivity contribution in [3.8, 4) is 0 Å². The molecule has 1 aromatic carbocycles. The third-order valence-electron chi connectivity index (χ3n) is 4.00. The zero-order valence-electron chi connectivity index (χ0n) is 15.0. The van der Waals surface area contributed by atoms with Crippen LogP contribution in [0.1, 0.15) is 17.3 Å². The van der Waals surface area contributed by atoms with Gasteiger partial charge in [-0.1, -0.05) is 0 Å². The highest BCUT2D eigenvalue weighted by molar-refractivity contribution is 7.89. The van der Waals surface area contributed by atoms with Crippen LogP contribution in [0.5, 0.6) is 0 Å². The number of benzene rings is 1. The summed E-state index contributed by atoms with van der Waals surface area (Å²) < 4.78 is 36.2. The van der Waals surface area contributed by atoms with Gasteiger partial charge in [-0.3, -0.25) is 4.79 Å². The summed E-state index contributed by atoms with van der Waals surface area (Å²) in [4.78, 5) is 25.6. The molecular weight excluding hydrogens is 362 g/mol. The van der Waals surface area contributed by atoms with Gasteiger partial charge < -0.3 is 20.1 Å². The number of carbonyl (C=O) groups is 2. The third kappa shape index (κ3) is 4.32. The number of primary amides is 1. The Bertz CT molecular complexity index is 787. The smallest absolute Gasteiger partial charge is 0.341 e. The molecule has 10 heteroatoms. The quantitative estimate of drug-likeness (QED) is 0.674. The van der Waals surface area contributed by atoms with E-state index in [1.807, 2.05) is 4.90 Å². The molecule has 1 aliphatic heterocycles. The number of sulfonamides is 1. The maximum Gasteiger partial charge on any atom is 0.341 e. The molecule has 144 valence electrons. The molecule has 2 N–H and O–H groups in total. The van der Waals surface area contributed by atoms with Crippen molar-refractivity contribution in [2.24, 2.45) is 5.73 Å². The summed E-state index contributed by atoms with van der Waals surface area (Å²) in [6.45, 7) is 3.43. The fourth-order valence-corrected chi connectivity index (χ4v) is 3.34. The van der Waals surface area contributed by atoms with Gasteiger partial charge in [0, 0.05) is 27.2 Å². The molecule has 0 radical (unpaired) electrons. The molecule has 1 aromatic rings. The number of nitrogens with zero attached hydrogens (tertiary/aromatic N) is 2. The summed E-state index contributed by atoms with van der Waals surface area (Å²) >= 11 is 0. The summed E-state index contributed by atoms with van der Waals surface area (Å²) in [6, 6.07) is 4.26. The molecule has 0 bridgehead atoms. The van der Waals surface area contributed by atoms with Gasteiger partial charge in [-0.2, -0.15) is 0 Å². The van der Waals surface area contributed by atoms with E-state index in [0.717, 1.165) is 4.31 Å². The summed E-state index contributed by atoms with van der Waals surface area (Å²) in [5, 5.41) is 0. The molecule has 26 heavy (non-hydrogen) atoms. The van der Waals surface area contributed by atoms with Crippen LogP contribution in [0.25, 0.3) is 0 Å². The van der Waals surface area contributed by atoms with Crippen LogP contribution in [0.3, 0.4) is 0 Å². The largest absolute Gasteiger partial charge is 0.449 e. The molecule has 2 rings (SSSR count). The molecule has 0 spiro atoms. The Balaban J connectivity index is 2.48. The molecule has 1 amide bonds. The number of carbonyl (C=O) groups excluding carboxylic acids is 2. The topological polar surface area (TPSA) is 119 Å². The monoisotopic (exact) mass is 385 g/mol. The van der Waals surface area contributed by atoms with Crippen LogP contribution < -0.4 is 10.6 Å². The Hall–Kier alpha value is -2.17. The van der Waals surface area contributed by atoms with Crippen LogP contribution in [0.2, 0.25) is 0 Å². The molecule has 1 unspecified atom stereocenters. The highest BCUT2D eigenvalue weighted by Gasteiger charge is 2.26. The molecule has 9 nitrogen and oxygen atoms in total. The van der Waals surface area contributed by atoms with Crippen molar-refractivity contribution < 1.29 is 27.5 Å². The lowest BCUT2D eigenvalue weighted by atomic mass is 10.1. The highest BCUT2D eigenvalue weighted by Crippen LogP contribution is 2.27. The van der Waals surface area contributed by atoms with Crippen LogP contribution in [0, 0.1) is 0 Å². The van der Waals surface area contributed by atoms with Gasteiger partial charge in [0.25, 0.3) is 5.91 Å². The van der Waals surface area contributed by atoms with E-state index in [1.54, 1.807) is 6.07 Å². The number of hydrogen-bond donors (Lipinski definition) is 1. The second-order valence-electron chi connectivity index (χ2n) is 6.02. The van der Waals surface area contributed by atoms with Gasteiger partial charge >= 0.3 is 5.97 Å².